The van der Waals surface area contributed by atoms with Crippen LogP contribution in [0.2, 0.25) is 0 Å². The van der Waals surface area contributed by atoms with Crippen LogP contribution in [0, 0.1) is 0 Å². The van der Waals surface area contributed by atoms with Crippen molar-refractivity contribution >= 4 is 29.1 Å². The zero-order valence-corrected chi connectivity index (χ0v) is 12.1. The van der Waals surface area contributed by atoms with Gasteiger partial charge in [0.2, 0.25) is 0 Å². The highest BCUT2D eigenvalue weighted by molar-refractivity contribution is 7.91. The van der Waals surface area contributed by atoms with Crippen LogP contribution in [0.15, 0.2) is 30.3 Å². The average Bonchev–Trinajstić information content (AvgIpc) is 2.53. The van der Waals surface area contributed by atoms with Crippen LogP contribution in [-0.2, 0) is 16.0 Å². The van der Waals surface area contributed by atoms with Crippen molar-refractivity contribution in [2.24, 2.45) is 0 Å². The third kappa shape index (κ3) is 4.07. The molecule has 0 aromatic heterocycles. The minimum Gasteiger partial charge on any atom is -0.616 e. The first-order valence-corrected chi connectivity index (χ1v) is 7.96. The molecule has 0 spiro atoms. The lowest BCUT2D eigenvalue weighted by Gasteiger charge is -2.28. The maximum absolute atomic E-state index is 12.5. The number of hydroxylamine groups is 1. The van der Waals surface area contributed by atoms with Gasteiger partial charge in [-0.05, 0) is 17.7 Å². The van der Waals surface area contributed by atoms with Crippen LogP contribution in [0.3, 0.4) is 0 Å². The molecule has 21 heavy (non-hydrogen) atoms. The topological polar surface area (TPSA) is 92.7 Å². The molecule has 1 aromatic rings. The largest absolute Gasteiger partial charge is 0.616 e. The summed E-state index contributed by atoms with van der Waals surface area (Å²) in [5.74, 6) is 0.190. The summed E-state index contributed by atoms with van der Waals surface area (Å²) in [6, 6.07) is 6.91. The first-order valence-electron chi connectivity index (χ1n) is 6.47. The number of carbonyl (C=O) groups is 2. The van der Waals surface area contributed by atoms with E-state index in [4.69, 9.17) is 5.21 Å². The SMILES string of the molecule is O=C(/C=C/c1ccccc1C(=O)N1CC[S+]([O-])CC1)NO. The van der Waals surface area contributed by atoms with Crippen molar-refractivity contribution in [1.82, 2.24) is 10.4 Å². The summed E-state index contributed by atoms with van der Waals surface area (Å²) in [5.41, 5.74) is 2.57. The van der Waals surface area contributed by atoms with Crippen LogP contribution >= 0.6 is 0 Å². The van der Waals surface area contributed by atoms with Gasteiger partial charge in [0.05, 0.1) is 13.1 Å². The highest BCUT2D eigenvalue weighted by Crippen LogP contribution is 2.15. The molecule has 1 aromatic carbocycles. The number of hydrogen-bond donors (Lipinski definition) is 2. The summed E-state index contributed by atoms with van der Waals surface area (Å²) in [4.78, 5) is 25.2. The predicted octanol–water partition coefficient (Wildman–Crippen LogP) is 0.410. The zero-order chi connectivity index (χ0) is 15.2. The van der Waals surface area contributed by atoms with Crippen LogP contribution < -0.4 is 5.48 Å². The molecule has 7 heteroatoms. The van der Waals surface area contributed by atoms with Crippen molar-refractivity contribution in [2.75, 3.05) is 24.6 Å². The molecular weight excluding hydrogens is 292 g/mol. The van der Waals surface area contributed by atoms with E-state index in [0.717, 1.165) is 6.08 Å². The molecule has 0 bridgehead atoms. The first-order chi connectivity index (χ1) is 10.1. The van der Waals surface area contributed by atoms with Gasteiger partial charge < -0.3 is 9.45 Å². The maximum Gasteiger partial charge on any atom is 0.267 e. The van der Waals surface area contributed by atoms with Crippen LogP contribution in [0.25, 0.3) is 6.08 Å². The standard InChI is InChI=1S/C14H16N2O4S/c17-13(15-19)6-5-11-3-1-2-4-12(11)14(18)16-7-9-21(20)10-8-16/h1-6,19H,7-10H2,(H,15,17)/b6-5+. The summed E-state index contributed by atoms with van der Waals surface area (Å²) >= 11 is -0.839. The Kier molecular flexibility index (Phi) is 5.38. The second kappa shape index (κ2) is 7.26. The van der Waals surface area contributed by atoms with E-state index in [1.807, 2.05) is 0 Å². The van der Waals surface area contributed by atoms with Gasteiger partial charge in [0.15, 0.2) is 0 Å². The molecule has 1 fully saturated rings. The minimum absolute atomic E-state index is 0.142. The van der Waals surface area contributed by atoms with Crippen LogP contribution in [0.1, 0.15) is 15.9 Å². The molecule has 0 unspecified atom stereocenters. The van der Waals surface area contributed by atoms with Crippen LogP contribution in [0.5, 0.6) is 0 Å². The lowest BCUT2D eigenvalue weighted by Crippen LogP contribution is -2.43. The zero-order valence-electron chi connectivity index (χ0n) is 11.3. The predicted molar refractivity (Wildman–Crippen MR) is 79.2 cm³/mol. The summed E-state index contributed by atoms with van der Waals surface area (Å²) in [6.07, 6.45) is 2.62. The van der Waals surface area contributed by atoms with Gasteiger partial charge in [-0.25, -0.2) is 5.48 Å². The summed E-state index contributed by atoms with van der Waals surface area (Å²) < 4.78 is 11.3. The van der Waals surface area contributed by atoms with E-state index in [-0.39, 0.29) is 5.91 Å². The normalized spacial score (nSPS) is 16.2. The van der Waals surface area contributed by atoms with Crippen molar-refractivity contribution in [3.63, 3.8) is 0 Å². The molecule has 1 heterocycles. The fourth-order valence-electron chi connectivity index (χ4n) is 2.05. The quantitative estimate of drug-likeness (QED) is 0.366. The number of carbonyl (C=O) groups excluding carboxylic acids is 2. The van der Waals surface area contributed by atoms with E-state index in [1.54, 1.807) is 29.2 Å². The van der Waals surface area contributed by atoms with Crippen molar-refractivity contribution in [1.29, 1.82) is 0 Å². The van der Waals surface area contributed by atoms with Crippen molar-refractivity contribution in [2.45, 2.75) is 0 Å². The Morgan fingerprint density at radius 1 is 1.29 bits per heavy atom. The number of amides is 2. The molecule has 0 aliphatic carbocycles. The third-order valence-electron chi connectivity index (χ3n) is 3.18. The van der Waals surface area contributed by atoms with E-state index in [2.05, 4.69) is 0 Å². The molecular formula is C14H16N2O4S. The van der Waals surface area contributed by atoms with Gasteiger partial charge in [-0.2, -0.15) is 0 Å². The molecule has 1 aliphatic heterocycles. The number of nitrogens with zero attached hydrogens (tertiary/aromatic N) is 1. The van der Waals surface area contributed by atoms with Gasteiger partial charge in [-0.1, -0.05) is 29.4 Å². The van der Waals surface area contributed by atoms with Gasteiger partial charge in [0, 0.05) is 11.6 Å². The van der Waals surface area contributed by atoms with Crippen molar-refractivity contribution < 1.29 is 19.3 Å². The van der Waals surface area contributed by atoms with Gasteiger partial charge in [-0.15, -0.1) is 0 Å². The smallest absolute Gasteiger partial charge is 0.267 e. The minimum atomic E-state index is -0.839. The van der Waals surface area contributed by atoms with E-state index in [1.165, 1.54) is 11.6 Å². The molecule has 112 valence electrons. The summed E-state index contributed by atoms with van der Waals surface area (Å²) in [7, 11) is 0. The Morgan fingerprint density at radius 3 is 2.62 bits per heavy atom. The average molecular weight is 308 g/mol. The number of rotatable bonds is 3. The Balaban J connectivity index is 2.17. The number of nitrogens with one attached hydrogen (secondary N) is 1. The third-order valence-corrected chi connectivity index (χ3v) is 4.46. The van der Waals surface area contributed by atoms with E-state index >= 15 is 0 Å². The van der Waals surface area contributed by atoms with E-state index in [0.29, 0.717) is 35.7 Å². The van der Waals surface area contributed by atoms with Gasteiger partial charge in [0.1, 0.15) is 11.5 Å². The van der Waals surface area contributed by atoms with Crippen molar-refractivity contribution in [3.8, 4) is 0 Å². The molecule has 1 saturated heterocycles. The number of hydrogen-bond acceptors (Lipinski definition) is 4. The van der Waals surface area contributed by atoms with E-state index < -0.39 is 17.1 Å². The molecule has 0 atom stereocenters. The number of benzene rings is 1. The Morgan fingerprint density at radius 2 is 1.95 bits per heavy atom. The second-order valence-electron chi connectivity index (χ2n) is 4.54. The molecule has 0 radical (unpaired) electrons. The first kappa shape index (κ1) is 15.6. The Labute approximate surface area is 125 Å². The summed E-state index contributed by atoms with van der Waals surface area (Å²) in [6.45, 7) is 0.946. The highest BCUT2D eigenvalue weighted by Gasteiger charge is 2.25. The monoisotopic (exact) mass is 308 g/mol. The van der Waals surface area contributed by atoms with Gasteiger partial charge in [0.25, 0.3) is 11.8 Å². The van der Waals surface area contributed by atoms with Gasteiger partial charge >= 0.3 is 0 Å². The highest BCUT2D eigenvalue weighted by atomic mass is 32.2. The summed E-state index contributed by atoms with van der Waals surface area (Å²) in [5, 5.41) is 8.47. The van der Waals surface area contributed by atoms with Crippen LogP contribution in [-0.4, -0.2) is 51.1 Å². The second-order valence-corrected chi connectivity index (χ2v) is 6.23. The lowest BCUT2D eigenvalue weighted by molar-refractivity contribution is -0.124. The molecule has 1 aliphatic rings. The maximum atomic E-state index is 12.5. The molecule has 0 saturated carbocycles. The van der Waals surface area contributed by atoms with Crippen LogP contribution in [0.4, 0.5) is 0 Å². The molecule has 6 nitrogen and oxygen atoms in total. The fourth-order valence-corrected chi connectivity index (χ4v) is 3.10. The fraction of sp³-hybridized carbons (Fsp3) is 0.286. The van der Waals surface area contributed by atoms with Crippen molar-refractivity contribution in [3.05, 3.63) is 41.5 Å². The Hall–Kier alpha value is -1.83. The lowest BCUT2D eigenvalue weighted by atomic mass is 10.1. The van der Waals surface area contributed by atoms with E-state index in [9.17, 15) is 14.1 Å². The Bertz CT molecular complexity index is 554. The molecule has 2 amide bonds. The molecule has 2 N–H and O–H groups in total. The van der Waals surface area contributed by atoms with Gasteiger partial charge in [-0.3, -0.25) is 14.8 Å². The molecule has 2 rings (SSSR count).